The lowest BCUT2D eigenvalue weighted by molar-refractivity contribution is 0.100. The normalized spacial score (nSPS) is 11.1. The molecular weight excluding hydrogens is 364 g/mol. The molecule has 0 bridgehead atoms. The first-order valence-corrected chi connectivity index (χ1v) is 10.1. The molecule has 6 nitrogen and oxygen atoms in total. The minimum atomic E-state index is -0.562. The molecule has 3 N–H and O–H groups in total. The van der Waals surface area contributed by atoms with Gasteiger partial charge in [-0.1, -0.05) is 37.6 Å². The van der Waals surface area contributed by atoms with Gasteiger partial charge in [0.1, 0.15) is 0 Å². The Bertz CT molecular complexity index is 847. The van der Waals surface area contributed by atoms with Crippen LogP contribution in [0.15, 0.2) is 42.5 Å². The van der Waals surface area contributed by atoms with Crippen LogP contribution < -0.4 is 11.1 Å². The Labute approximate surface area is 173 Å². The number of carbonyl (C=O) groups is 2. The molecule has 2 aromatic carbocycles. The summed E-state index contributed by atoms with van der Waals surface area (Å²) < 4.78 is 0. The predicted octanol–water partition coefficient (Wildman–Crippen LogP) is 3.12. The number of nitrogens with zero attached hydrogens (tertiary/aromatic N) is 2. The average Bonchev–Trinajstić information content (AvgIpc) is 2.70. The molecule has 0 aliphatic carbocycles. The average molecular weight is 397 g/mol. The van der Waals surface area contributed by atoms with Gasteiger partial charge in [0.05, 0.1) is 11.3 Å². The number of rotatable bonds is 10. The molecule has 0 radical (unpaired) electrons. The lowest BCUT2D eigenvalue weighted by atomic mass is 10.1. The van der Waals surface area contributed by atoms with E-state index in [-0.39, 0.29) is 5.91 Å². The topological polar surface area (TPSA) is 78.7 Å². The molecule has 6 heteroatoms. The van der Waals surface area contributed by atoms with E-state index in [9.17, 15) is 9.59 Å². The van der Waals surface area contributed by atoms with Gasteiger partial charge in [-0.2, -0.15) is 0 Å². The van der Waals surface area contributed by atoms with Crippen molar-refractivity contribution < 1.29 is 9.59 Å². The molecule has 0 fully saturated rings. The summed E-state index contributed by atoms with van der Waals surface area (Å²) in [6.45, 7) is 11.1. The highest BCUT2D eigenvalue weighted by molar-refractivity contribution is 6.08. The van der Waals surface area contributed by atoms with E-state index in [0.29, 0.717) is 16.8 Å². The Morgan fingerprint density at radius 3 is 2.41 bits per heavy atom. The number of primary amides is 1. The number of benzene rings is 2. The van der Waals surface area contributed by atoms with Crippen molar-refractivity contribution in [2.75, 3.05) is 38.5 Å². The quantitative estimate of drug-likeness (QED) is 0.647. The van der Waals surface area contributed by atoms with E-state index in [2.05, 4.69) is 36.0 Å². The Balaban J connectivity index is 2.05. The summed E-state index contributed by atoms with van der Waals surface area (Å²) in [7, 11) is 2.09. The zero-order valence-corrected chi connectivity index (χ0v) is 17.9. The van der Waals surface area contributed by atoms with Crippen molar-refractivity contribution in [2.24, 2.45) is 5.73 Å². The first-order valence-electron chi connectivity index (χ1n) is 10.1. The highest BCUT2D eigenvalue weighted by atomic mass is 16.2. The lowest BCUT2D eigenvalue weighted by Gasteiger charge is -2.23. The van der Waals surface area contributed by atoms with Gasteiger partial charge in [-0.05, 0) is 56.9 Å². The van der Waals surface area contributed by atoms with Gasteiger partial charge in [-0.3, -0.25) is 9.59 Å². The molecule has 0 heterocycles. The van der Waals surface area contributed by atoms with Crippen molar-refractivity contribution in [3.05, 3.63) is 64.7 Å². The fraction of sp³-hybridized carbons (Fsp3) is 0.391. The molecule has 0 unspecified atom stereocenters. The van der Waals surface area contributed by atoms with E-state index >= 15 is 0 Å². The first kappa shape index (κ1) is 22.6. The Hall–Kier alpha value is -2.70. The van der Waals surface area contributed by atoms with E-state index in [1.807, 2.05) is 31.2 Å². The Morgan fingerprint density at radius 1 is 1.03 bits per heavy atom. The van der Waals surface area contributed by atoms with Gasteiger partial charge in [0.25, 0.3) is 11.8 Å². The van der Waals surface area contributed by atoms with Crippen molar-refractivity contribution in [2.45, 2.75) is 27.3 Å². The number of amides is 2. The van der Waals surface area contributed by atoms with Crippen LogP contribution in [-0.2, 0) is 6.54 Å². The summed E-state index contributed by atoms with van der Waals surface area (Å²) >= 11 is 0. The van der Waals surface area contributed by atoms with Crippen molar-refractivity contribution in [3.63, 3.8) is 0 Å². The minimum absolute atomic E-state index is 0.260. The van der Waals surface area contributed by atoms with Crippen LogP contribution in [0.5, 0.6) is 0 Å². The summed E-state index contributed by atoms with van der Waals surface area (Å²) in [5.41, 5.74) is 8.71. The molecular formula is C23H32N4O2. The number of nitrogens with one attached hydrogen (secondary N) is 1. The van der Waals surface area contributed by atoms with E-state index in [1.165, 1.54) is 0 Å². The zero-order chi connectivity index (χ0) is 21.4. The van der Waals surface area contributed by atoms with Crippen LogP contribution in [-0.4, -0.2) is 54.8 Å². The SMILES string of the molecule is CCN(CC)CCN(C)Cc1cccc(C(=O)Nc2ccc(C)cc2C(N)=O)c1. The van der Waals surface area contributed by atoms with Crippen LogP contribution >= 0.6 is 0 Å². The van der Waals surface area contributed by atoms with Crippen LogP contribution in [0, 0.1) is 6.92 Å². The second-order valence-corrected chi connectivity index (χ2v) is 7.33. The number of hydrogen-bond donors (Lipinski definition) is 2. The number of likely N-dealkylation sites (N-methyl/N-ethyl adjacent to an activating group) is 2. The third-order valence-corrected chi connectivity index (χ3v) is 5.02. The summed E-state index contributed by atoms with van der Waals surface area (Å²) in [5.74, 6) is -0.823. The maximum Gasteiger partial charge on any atom is 0.255 e. The molecule has 0 aliphatic heterocycles. The maximum absolute atomic E-state index is 12.7. The number of nitrogens with two attached hydrogens (primary N) is 1. The molecule has 0 aliphatic rings. The van der Waals surface area contributed by atoms with Crippen LogP contribution in [0.3, 0.4) is 0 Å². The summed E-state index contributed by atoms with van der Waals surface area (Å²) in [5, 5.41) is 2.81. The highest BCUT2D eigenvalue weighted by Gasteiger charge is 2.13. The second kappa shape index (κ2) is 10.7. The van der Waals surface area contributed by atoms with Crippen molar-refractivity contribution in [1.82, 2.24) is 9.80 Å². The monoisotopic (exact) mass is 396 g/mol. The van der Waals surface area contributed by atoms with Gasteiger partial charge < -0.3 is 20.9 Å². The van der Waals surface area contributed by atoms with Crippen molar-refractivity contribution in [3.8, 4) is 0 Å². The molecule has 156 valence electrons. The molecule has 0 saturated heterocycles. The van der Waals surface area contributed by atoms with Crippen LogP contribution in [0.2, 0.25) is 0 Å². The molecule has 0 spiro atoms. The molecule has 0 aromatic heterocycles. The molecule has 2 aromatic rings. The largest absolute Gasteiger partial charge is 0.366 e. The molecule has 0 atom stereocenters. The molecule has 0 saturated carbocycles. The minimum Gasteiger partial charge on any atom is -0.366 e. The van der Waals surface area contributed by atoms with Gasteiger partial charge in [0.2, 0.25) is 0 Å². The van der Waals surface area contributed by atoms with Gasteiger partial charge in [0.15, 0.2) is 0 Å². The van der Waals surface area contributed by atoms with E-state index in [0.717, 1.165) is 43.9 Å². The standard InChI is InChI=1S/C23H32N4O2/c1-5-27(6-2)13-12-26(4)16-18-8-7-9-19(15-18)23(29)25-21-11-10-17(3)14-20(21)22(24)28/h7-11,14-15H,5-6,12-13,16H2,1-4H3,(H2,24,28)(H,25,29). The lowest BCUT2D eigenvalue weighted by Crippen LogP contribution is -2.32. The maximum atomic E-state index is 12.7. The van der Waals surface area contributed by atoms with Crippen LogP contribution in [0.4, 0.5) is 5.69 Å². The Morgan fingerprint density at radius 2 is 1.76 bits per heavy atom. The van der Waals surface area contributed by atoms with Gasteiger partial charge >= 0.3 is 0 Å². The number of aryl methyl sites for hydroxylation is 1. The smallest absolute Gasteiger partial charge is 0.255 e. The fourth-order valence-corrected chi connectivity index (χ4v) is 3.22. The molecule has 29 heavy (non-hydrogen) atoms. The number of hydrogen-bond acceptors (Lipinski definition) is 4. The third-order valence-electron chi connectivity index (χ3n) is 5.02. The van der Waals surface area contributed by atoms with Gasteiger partial charge in [-0.15, -0.1) is 0 Å². The third kappa shape index (κ3) is 6.69. The number of carbonyl (C=O) groups excluding carboxylic acids is 2. The second-order valence-electron chi connectivity index (χ2n) is 7.33. The van der Waals surface area contributed by atoms with Crippen molar-refractivity contribution in [1.29, 1.82) is 0 Å². The Kier molecular flexibility index (Phi) is 8.36. The van der Waals surface area contributed by atoms with Crippen LogP contribution in [0.1, 0.15) is 45.7 Å². The molecule has 2 rings (SSSR count). The summed E-state index contributed by atoms with van der Waals surface area (Å²) in [4.78, 5) is 29.0. The van der Waals surface area contributed by atoms with Crippen molar-refractivity contribution >= 4 is 17.5 Å². The molecule has 2 amide bonds. The fourth-order valence-electron chi connectivity index (χ4n) is 3.22. The van der Waals surface area contributed by atoms with Gasteiger partial charge in [0, 0.05) is 25.2 Å². The highest BCUT2D eigenvalue weighted by Crippen LogP contribution is 2.18. The van der Waals surface area contributed by atoms with Gasteiger partial charge in [-0.25, -0.2) is 0 Å². The van der Waals surface area contributed by atoms with Crippen LogP contribution in [0.25, 0.3) is 0 Å². The summed E-state index contributed by atoms with van der Waals surface area (Å²) in [6, 6.07) is 12.8. The van der Waals surface area contributed by atoms with E-state index in [1.54, 1.807) is 18.2 Å². The summed E-state index contributed by atoms with van der Waals surface area (Å²) in [6.07, 6.45) is 0. The van der Waals surface area contributed by atoms with E-state index < -0.39 is 5.91 Å². The first-order chi connectivity index (χ1) is 13.8. The number of anilines is 1. The predicted molar refractivity (Wildman–Crippen MR) is 118 cm³/mol. The zero-order valence-electron chi connectivity index (χ0n) is 17.9. The van der Waals surface area contributed by atoms with E-state index in [4.69, 9.17) is 5.73 Å².